The van der Waals surface area contributed by atoms with E-state index in [9.17, 15) is 0 Å². The Bertz CT molecular complexity index is 422. The Morgan fingerprint density at radius 3 is 2.42 bits per heavy atom. The number of hydrogen-bond acceptors (Lipinski definition) is 5. The molecule has 0 aliphatic carbocycles. The van der Waals surface area contributed by atoms with Crippen molar-refractivity contribution >= 4 is 5.69 Å². The van der Waals surface area contributed by atoms with Crippen LogP contribution >= 0.6 is 0 Å². The van der Waals surface area contributed by atoms with Crippen LogP contribution in [0, 0.1) is 11.8 Å². The van der Waals surface area contributed by atoms with Crippen LogP contribution < -0.4 is 16.4 Å². The summed E-state index contributed by atoms with van der Waals surface area (Å²) in [5.74, 6) is 2.33. The molecule has 1 aromatic heterocycles. The molecular weight excluding hydrogens is 238 g/mol. The van der Waals surface area contributed by atoms with Crippen molar-refractivity contribution < 1.29 is 0 Å². The molecular formula is C14H23N5. The van der Waals surface area contributed by atoms with Gasteiger partial charge in [0.1, 0.15) is 5.82 Å². The van der Waals surface area contributed by atoms with E-state index in [1.807, 2.05) is 0 Å². The summed E-state index contributed by atoms with van der Waals surface area (Å²) in [4.78, 5) is 9.11. The van der Waals surface area contributed by atoms with Gasteiger partial charge in [-0.2, -0.15) is 0 Å². The largest absolute Gasteiger partial charge is 0.396 e. The Labute approximate surface area is 114 Å². The fraction of sp³-hybridized carbons (Fsp3) is 0.714. The van der Waals surface area contributed by atoms with Crippen LogP contribution in [0.3, 0.4) is 0 Å². The highest BCUT2D eigenvalue weighted by Crippen LogP contribution is 2.19. The first-order chi connectivity index (χ1) is 9.31. The zero-order chi connectivity index (χ0) is 13.1. The van der Waals surface area contributed by atoms with Crippen LogP contribution in [0.15, 0.2) is 6.20 Å². The van der Waals surface area contributed by atoms with Crippen molar-refractivity contribution in [3.63, 3.8) is 0 Å². The predicted molar refractivity (Wildman–Crippen MR) is 75.8 cm³/mol. The van der Waals surface area contributed by atoms with Gasteiger partial charge < -0.3 is 16.4 Å². The lowest BCUT2D eigenvalue weighted by Gasteiger charge is -2.12. The van der Waals surface area contributed by atoms with Crippen LogP contribution in [0.1, 0.15) is 24.4 Å². The zero-order valence-electron chi connectivity index (χ0n) is 11.4. The third-order valence-corrected chi connectivity index (χ3v) is 4.23. The summed E-state index contributed by atoms with van der Waals surface area (Å²) < 4.78 is 0. The number of aromatic nitrogens is 2. The van der Waals surface area contributed by atoms with Gasteiger partial charge in [-0.05, 0) is 57.3 Å². The average molecular weight is 261 g/mol. The van der Waals surface area contributed by atoms with Crippen LogP contribution in [0.5, 0.6) is 0 Å². The Kier molecular flexibility index (Phi) is 3.94. The van der Waals surface area contributed by atoms with Gasteiger partial charge in [0.25, 0.3) is 0 Å². The molecule has 0 aromatic carbocycles. The molecule has 3 heterocycles. The van der Waals surface area contributed by atoms with Gasteiger partial charge in [-0.25, -0.2) is 9.97 Å². The number of nitrogen functional groups attached to an aromatic ring is 1. The molecule has 1 aromatic rings. The quantitative estimate of drug-likeness (QED) is 0.730. The Balaban J connectivity index is 1.67. The second-order valence-electron chi connectivity index (χ2n) is 5.81. The molecule has 5 nitrogen and oxygen atoms in total. The summed E-state index contributed by atoms with van der Waals surface area (Å²) in [5, 5.41) is 6.78. The van der Waals surface area contributed by atoms with Gasteiger partial charge in [-0.3, -0.25) is 0 Å². The second-order valence-corrected chi connectivity index (χ2v) is 5.81. The van der Waals surface area contributed by atoms with Gasteiger partial charge in [-0.15, -0.1) is 0 Å². The summed E-state index contributed by atoms with van der Waals surface area (Å²) in [6.07, 6.45) is 6.21. The van der Waals surface area contributed by atoms with Gasteiger partial charge in [0, 0.05) is 6.42 Å². The first-order valence-electron chi connectivity index (χ1n) is 7.33. The van der Waals surface area contributed by atoms with Gasteiger partial charge >= 0.3 is 0 Å². The van der Waals surface area contributed by atoms with Crippen LogP contribution in [0.2, 0.25) is 0 Å². The van der Waals surface area contributed by atoms with E-state index in [2.05, 4.69) is 15.6 Å². The van der Waals surface area contributed by atoms with Crippen molar-refractivity contribution in [2.75, 3.05) is 31.9 Å². The highest BCUT2D eigenvalue weighted by Gasteiger charge is 2.19. The van der Waals surface area contributed by atoms with E-state index in [1.54, 1.807) is 6.20 Å². The van der Waals surface area contributed by atoms with Crippen molar-refractivity contribution in [1.82, 2.24) is 20.6 Å². The molecule has 0 bridgehead atoms. The molecule has 4 N–H and O–H groups in total. The first-order valence-corrected chi connectivity index (χ1v) is 7.33. The molecule has 19 heavy (non-hydrogen) atoms. The van der Waals surface area contributed by atoms with Crippen molar-refractivity contribution in [2.24, 2.45) is 11.8 Å². The number of anilines is 1. The van der Waals surface area contributed by atoms with E-state index in [-0.39, 0.29) is 0 Å². The maximum absolute atomic E-state index is 6.02. The minimum atomic E-state index is 0.679. The van der Waals surface area contributed by atoms with E-state index in [1.165, 1.54) is 12.8 Å². The number of nitrogens with one attached hydrogen (secondary N) is 2. The number of hydrogen-bond donors (Lipinski definition) is 3. The molecule has 0 amide bonds. The van der Waals surface area contributed by atoms with Gasteiger partial charge in [-0.1, -0.05) is 0 Å². The maximum Gasteiger partial charge on any atom is 0.129 e. The lowest BCUT2D eigenvalue weighted by atomic mass is 10.0. The Morgan fingerprint density at radius 2 is 1.79 bits per heavy atom. The lowest BCUT2D eigenvalue weighted by molar-refractivity contribution is 0.547. The third-order valence-electron chi connectivity index (χ3n) is 4.23. The van der Waals surface area contributed by atoms with Gasteiger partial charge in [0.2, 0.25) is 0 Å². The van der Waals surface area contributed by atoms with Crippen LogP contribution in [-0.2, 0) is 12.8 Å². The van der Waals surface area contributed by atoms with E-state index in [0.717, 1.165) is 56.2 Å². The smallest absolute Gasteiger partial charge is 0.129 e. The molecule has 3 rings (SSSR count). The molecule has 2 aliphatic rings. The van der Waals surface area contributed by atoms with Crippen LogP contribution in [0.4, 0.5) is 5.69 Å². The molecule has 2 unspecified atom stereocenters. The summed E-state index contributed by atoms with van der Waals surface area (Å²) >= 11 is 0. The van der Waals surface area contributed by atoms with Crippen molar-refractivity contribution in [3.05, 3.63) is 17.7 Å². The molecule has 2 aliphatic heterocycles. The molecule has 104 valence electrons. The minimum Gasteiger partial charge on any atom is -0.396 e. The molecule has 0 spiro atoms. The van der Waals surface area contributed by atoms with E-state index >= 15 is 0 Å². The molecule has 2 saturated heterocycles. The number of nitrogens with zero attached hydrogens (tertiary/aromatic N) is 2. The van der Waals surface area contributed by atoms with Crippen molar-refractivity contribution in [3.8, 4) is 0 Å². The highest BCUT2D eigenvalue weighted by molar-refractivity contribution is 5.40. The summed E-state index contributed by atoms with van der Waals surface area (Å²) in [6, 6.07) is 0. The Hall–Kier alpha value is -1.20. The molecule has 0 radical (unpaired) electrons. The average Bonchev–Trinajstić information content (AvgIpc) is 3.07. The lowest BCUT2D eigenvalue weighted by Crippen LogP contribution is -2.15. The van der Waals surface area contributed by atoms with Gasteiger partial charge in [0.15, 0.2) is 0 Å². The third kappa shape index (κ3) is 3.22. The molecule has 5 heteroatoms. The fourth-order valence-corrected chi connectivity index (χ4v) is 3.04. The summed E-state index contributed by atoms with van der Waals surface area (Å²) in [6.45, 7) is 4.43. The normalized spacial score (nSPS) is 26.9. The Morgan fingerprint density at radius 1 is 1.11 bits per heavy atom. The minimum absolute atomic E-state index is 0.679. The number of rotatable bonds is 4. The van der Waals surface area contributed by atoms with E-state index in [4.69, 9.17) is 10.7 Å². The highest BCUT2D eigenvalue weighted by atomic mass is 14.9. The number of nitrogens with two attached hydrogens (primary N) is 1. The second kappa shape index (κ2) is 5.84. The molecule has 2 fully saturated rings. The standard InChI is InChI=1S/C14H23N5/c15-12-9-18-14(6-11-2-4-17-8-11)19-13(12)5-10-1-3-16-7-10/h9-11,16-17H,1-8,15H2. The van der Waals surface area contributed by atoms with Crippen LogP contribution in [-0.4, -0.2) is 36.1 Å². The van der Waals surface area contributed by atoms with Crippen LogP contribution in [0.25, 0.3) is 0 Å². The molecule has 2 atom stereocenters. The van der Waals surface area contributed by atoms with E-state index < -0.39 is 0 Å². The zero-order valence-corrected chi connectivity index (χ0v) is 11.4. The topological polar surface area (TPSA) is 75.9 Å². The fourth-order valence-electron chi connectivity index (χ4n) is 3.04. The summed E-state index contributed by atoms with van der Waals surface area (Å²) in [7, 11) is 0. The first kappa shape index (κ1) is 12.8. The molecule has 0 saturated carbocycles. The summed E-state index contributed by atoms with van der Waals surface area (Å²) in [5.41, 5.74) is 7.81. The van der Waals surface area contributed by atoms with E-state index in [0.29, 0.717) is 11.8 Å². The SMILES string of the molecule is Nc1cnc(CC2CCNC2)nc1CC1CCNC1. The van der Waals surface area contributed by atoms with Gasteiger partial charge in [0.05, 0.1) is 17.6 Å². The predicted octanol–water partition coefficient (Wildman–Crippen LogP) is 0.363. The maximum atomic E-state index is 6.02. The van der Waals surface area contributed by atoms with Crippen molar-refractivity contribution in [1.29, 1.82) is 0 Å². The monoisotopic (exact) mass is 261 g/mol. The van der Waals surface area contributed by atoms with Crippen molar-refractivity contribution in [2.45, 2.75) is 25.7 Å².